The molecule has 0 unspecified atom stereocenters. The largest absolute Gasteiger partial charge is 0.226 e. The minimum absolute atomic E-state index is 0.773. The molecule has 0 saturated heterocycles. The van der Waals surface area contributed by atoms with Crippen LogP contribution in [0, 0.1) is 0 Å². The van der Waals surface area contributed by atoms with Crippen LogP contribution in [0.1, 0.15) is 52.4 Å². The first-order valence-corrected chi connectivity index (χ1v) is 6.14. The van der Waals surface area contributed by atoms with Gasteiger partial charge in [-0.1, -0.05) is 26.7 Å². The van der Waals surface area contributed by atoms with E-state index >= 15 is 0 Å². The highest BCUT2D eigenvalue weighted by atomic mass is 32.1. The number of hydrogen-bond acceptors (Lipinski definition) is 1. The van der Waals surface area contributed by atoms with Crippen molar-refractivity contribution < 1.29 is 4.21 Å². The number of unbranched alkanes of at least 4 members (excludes halogenated alkanes) is 4. The van der Waals surface area contributed by atoms with Crippen LogP contribution in [-0.2, 0) is 9.98 Å². The summed E-state index contributed by atoms with van der Waals surface area (Å²) in [5.41, 5.74) is 0. The third kappa shape index (κ3) is 7.86. The van der Waals surface area contributed by atoms with E-state index < -0.39 is 9.98 Å². The minimum Gasteiger partial charge on any atom is -0.226 e. The maximum absolute atomic E-state index is 11.2. The van der Waals surface area contributed by atoms with Crippen LogP contribution >= 0.6 is 0 Å². The fraction of sp³-hybridized carbons (Fsp3) is 0.800. The van der Waals surface area contributed by atoms with Crippen LogP contribution in [0.4, 0.5) is 0 Å². The van der Waals surface area contributed by atoms with Crippen molar-refractivity contribution in [3.05, 3.63) is 0 Å². The van der Waals surface area contributed by atoms with E-state index in [9.17, 15) is 4.21 Å². The van der Waals surface area contributed by atoms with E-state index in [-0.39, 0.29) is 0 Å². The molecule has 0 spiro atoms. The molecule has 0 aromatic rings. The minimum atomic E-state index is -0.773. The van der Waals surface area contributed by atoms with E-state index in [4.69, 9.17) is 0 Å². The van der Waals surface area contributed by atoms with Crippen molar-refractivity contribution in [3.63, 3.8) is 0 Å². The van der Waals surface area contributed by atoms with Gasteiger partial charge in [-0.3, -0.25) is 0 Å². The summed E-state index contributed by atoms with van der Waals surface area (Å²) in [6.07, 6.45) is 6.67. The number of rotatable bonds is 6. The molecule has 0 bridgehead atoms. The van der Waals surface area contributed by atoms with Gasteiger partial charge in [0.05, 0.1) is 0 Å². The van der Waals surface area contributed by atoms with Gasteiger partial charge < -0.3 is 0 Å². The van der Waals surface area contributed by atoms with Gasteiger partial charge in [0.25, 0.3) is 0 Å². The van der Waals surface area contributed by atoms with Gasteiger partial charge in [-0.15, -0.1) is 0 Å². The molecule has 0 aromatic heterocycles. The molecule has 2 heteroatoms. The van der Waals surface area contributed by atoms with Crippen molar-refractivity contribution in [1.29, 1.82) is 0 Å². The molecule has 0 aliphatic heterocycles. The molecule has 0 N–H and O–H groups in total. The molecule has 0 aliphatic carbocycles. The topological polar surface area (TPSA) is 17.1 Å². The Labute approximate surface area is 77.8 Å². The van der Waals surface area contributed by atoms with Crippen LogP contribution in [0.15, 0.2) is 0 Å². The standard InChI is InChI=1S/C10H20OS/c1-3-5-7-9-12(11)10-8-6-4-2/h9-10H,3-8H2,1-2H3. The van der Waals surface area contributed by atoms with Crippen LogP contribution in [0.25, 0.3) is 0 Å². The van der Waals surface area contributed by atoms with Crippen LogP contribution in [0.2, 0.25) is 0 Å². The van der Waals surface area contributed by atoms with Gasteiger partial charge in [-0.05, 0) is 46.4 Å². The zero-order valence-electron chi connectivity index (χ0n) is 8.21. The average molecular weight is 188 g/mol. The van der Waals surface area contributed by atoms with Crippen molar-refractivity contribution in [1.82, 2.24) is 0 Å². The summed E-state index contributed by atoms with van der Waals surface area (Å²) in [6.45, 7) is 4.30. The highest BCUT2D eigenvalue weighted by Gasteiger charge is 1.80. The summed E-state index contributed by atoms with van der Waals surface area (Å²) < 4.78 is 11.2. The molecule has 0 radical (unpaired) electrons. The molecule has 1 nitrogen and oxygen atoms in total. The second-order valence-electron chi connectivity index (χ2n) is 2.95. The summed E-state index contributed by atoms with van der Waals surface area (Å²) in [5, 5.41) is 3.83. The predicted molar refractivity (Wildman–Crippen MR) is 59.3 cm³/mol. The van der Waals surface area contributed by atoms with Crippen LogP contribution < -0.4 is 0 Å². The predicted octanol–water partition coefficient (Wildman–Crippen LogP) is 2.72. The Kier molecular flexibility index (Phi) is 8.68. The van der Waals surface area contributed by atoms with Gasteiger partial charge in [0.1, 0.15) is 0 Å². The molecular weight excluding hydrogens is 168 g/mol. The SMILES string of the molecule is CCCCC=S(=O)=CCCCC. The van der Waals surface area contributed by atoms with Crippen molar-refractivity contribution in [3.8, 4) is 0 Å². The summed E-state index contributed by atoms with van der Waals surface area (Å²) in [4.78, 5) is 0. The first-order valence-electron chi connectivity index (χ1n) is 4.87. The molecule has 0 fully saturated rings. The molecule has 72 valence electrons. The normalized spacial score (nSPS) is 9.50. The van der Waals surface area contributed by atoms with Gasteiger partial charge in [0, 0.05) is 0 Å². The zero-order chi connectivity index (χ0) is 9.23. The molecule has 0 heterocycles. The number of hydrogen-bond donors (Lipinski definition) is 0. The zero-order valence-corrected chi connectivity index (χ0v) is 9.03. The third-order valence-electron chi connectivity index (χ3n) is 1.68. The average Bonchev–Trinajstić information content (AvgIpc) is 2.06. The van der Waals surface area contributed by atoms with Crippen molar-refractivity contribution in [2.24, 2.45) is 0 Å². The summed E-state index contributed by atoms with van der Waals surface area (Å²) >= 11 is 0. The van der Waals surface area contributed by atoms with Crippen LogP contribution in [0.3, 0.4) is 0 Å². The van der Waals surface area contributed by atoms with Crippen molar-refractivity contribution >= 4 is 20.7 Å². The Morgan fingerprint density at radius 3 is 1.75 bits per heavy atom. The van der Waals surface area contributed by atoms with Gasteiger partial charge in [0.2, 0.25) is 0 Å². The monoisotopic (exact) mass is 188 g/mol. The Hall–Kier alpha value is -0.240. The lowest BCUT2D eigenvalue weighted by molar-refractivity contribution is 0.699. The molecule has 0 atom stereocenters. The van der Waals surface area contributed by atoms with Crippen LogP contribution in [-0.4, -0.2) is 14.9 Å². The molecule has 12 heavy (non-hydrogen) atoms. The molecule has 0 amide bonds. The quantitative estimate of drug-likeness (QED) is 0.463. The van der Waals surface area contributed by atoms with Crippen molar-refractivity contribution in [2.75, 3.05) is 0 Å². The van der Waals surface area contributed by atoms with Crippen molar-refractivity contribution in [2.45, 2.75) is 52.4 Å². The Morgan fingerprint density at radius 1 is 1.00 bits per heavy atom. The van der Waals surface area contributed by atoms with E-state index in [1.807, 2.05) is 10.7 Å². The van der Waals surface area contributed by atoms with Gasteiger partial charge in [0.15, 0.2) is 0 Å². The molecular formula is C10H20OS. The van der Waals surface area contributed by atoms with Crippen LogP contribution in [0.5, 0.6) is 0 Å². The molecule has 0 saturated carbocycles. The fourth-order valence-corrected chi connectivity index (χ4v) is 1.81. The van der Waals surface area contributed by atoms with Gasteiger partial charge >= 0.3 is 0 Å². The first kappa shape index (κ1) is 11.8. The summed E-state index contributed by atoms with van der Waals surface area (Å²) in [5.74, 6) is 0. The maximum Gasteiger partial charge on any atom is -0.00147 e. The summed E-state index contributed by atoms with van der Waals surface area (Å²) in [7, 11) is -0.773. The molecule has 0 aliphatic rings. The lowest BCUT2D eigenvalue weighted by atomic mass is 10.3. The third-order valence-corrected chi connectivity index (χ3v) is 2.81. The summed E-state index contributed by atoms with van der Waals surface area (Å²) in [6, 6.07) is 0. The molecule has 0 aromatic carbocycles. The lowest BCUT2D eigenvalue weighted by Crippen LogP contribution is -1.81. The maximum atomic E-state index is 11.2. The van der Waals surface area contributed by atoms with E-state index in [1.54, 1.807) is 0 Å². The Balaban J connectivity index is 3.67. The highest BCUT2D eigenvalue weighted by molar-refractivity contribution is 7.82. The van der Waals surface area contributed by atoms with E-state index in [0.717, 1.165) is 25.7 Å². The second kappa shape index (κ2) is 8.85. The van der Waals surface area contributed by atoms with E-state index in [0.29, 0.717) is 0 Å². The van der Waals surface area contributed by atoms with E-state index in [1.165, 1.54) is 12.8 Å². The van der Waals surface area contributed by atoms with E-state index in [2.05, 4.69) is 13.8 Å². The Bertz CT molecular complexity index is 194. The Morgan fingerprint density at radius 2 is 1.42 bits per heavy atom. The fourth-order valence-electron chi connectivity index (χ4n) is 0.875. The second-order valence-corrected chi connectivity index (χ2v) is 4.27. The van der Waals surface area contributed by atoms with Gasteiger partial charge in [-0.25, -0.2) is 4.21 Å². The smallest absolute Gasteiger partial charge is 0.00147 e. The van der Waals surface area contributed by atoms with Gasteiger partial charge in [-0.2, -0.15) is 0 Å². The first-order chi connectivity index (χ1) is 5.81. The highest BCUT2D eigenvalue weighted by Crippen LogP contribution is 1.90. The lowest BCUT2D eigenvalue weighted by Gasteiger charge is -1.85. The molecule has 0 rings (SSSR count).